The van der Waals surface area contributed by atoms with Crippen LogP contribution in [-0.2, 0) is 0 Å². The van der Waals surface area contributed by atoms with E-state index in [-0.39, 0.29) is 5.82 Å². The molecule has 1 saturated heterocycles. The van der Waals surface area contributed by atoms with Gasteiger partial charge in [0.05, 0.1) is 11.7 Å². The molecule has 1 fully saturated rings. The molecule has 4 nitrogen and oxygen atoms in total. The third-order valence-electron chi connectivity index (χ3n) is 3.77. The Bertz CT molecular complexity index is 478. The van der Waals surface area contributed by atoms with Crippen LogP contribution in [0.3, 0.4) is 0 Å². The lowest BCUT2D eigenvalue weighted by atomic mass is 10.1. The van der Waals surface area contributed by atoms with Gasteiger partial charge >= 0.3 is 0 Å². The van der Waals surface area contributed by atoms with E-state index in [4.69, 9.17) is 0 Å². The summed E-state index contributed by atoms with van der Waals surface area (Å²) >= 11 is 0. The van der Waals surface area contributed by atoms with Gasteiger partial charge in [-0.3, -0.25) is 4.90 Å². The summed E-state index contributed by atoms with van der Waals surface area (Å²) in [4.78, 5) is 4.31. The van der Waals surface area contributed by atoms with Gasteiger partial charge in [-0.15, -0.1) is 0 Å². The van der Waals surface area contributed by atoms with Gasteiger partial charge < -0.3 is 15.1 Å². The maximum atomic E-state index is 13.9. The first-order valence-electron chi connectivity index (χ1n) is 7.44. The van der Waals surface area contributed by atoms with Gasteiger partial charge in [-0.25, -0.2) is 4.39 Å². The number of hydrogen-bond acceptors (Lipinski definition) is 4. The SMILES string of the molecule is C[C@@H](O)c1c(F)cccc1N1CCN(CC(C)(C)O)CC1. The third kappa shape index (κ3) is 4.15. The number of nitrogens with zero attached hydrogens (tertiary/aromatic N) is 2. The molecule has 0 aromatic heterocycles. The number of benzene rings is 1. The summed E-state index contributed by atoms with van der Waals surface area (Å²) in [5.41, 5.74) is 0.438. The van der Waals surface area contributed by atoms with E-state index in [1.165, 1.54) is 6.07 Å². The summed E-state index contributed by atoms with van der Waals surface area (Å²) in [6.07, 6.45) is -0.824. The number of aliphatic hydroxyl groups excluding tert-OH is 1. The number of β-amino-alcohol motifs (C(OH)–C–C–N with tert-alkyl or cyclic N) is 1. The van der Waals surface area contributed by atoms with Crippen molar-refractivity contribution in [1.29, 1.82) is 0 Å². The predicted molar refractivity (Wildman–Crippen MR) is 82.0 cm³/mol. The van der Waals surface area contributed by atoms with Gasteiger partial charge in [-0.1, -0.05) is 6.07 Å². The van der Waals surface area contributed by atoms with Crippen molar-refractivity contribution in [3.63, 3.8) is 0 Å². The van der Waals surface area contributed by atoms with Crippen molar-refractivity contribution in [2.75, 3.05) is 37.6 Å². The number of rotatable bonds is 4. The topological polar surface area (TPSA) is 46.9 Å². The molecule has 2 rings (SSSR count). The highest BCUT2D eigenvalue weighted by Gasteiger charge is 2.25. The van der Waals surface area contributed by atoms with Crippen molar-refractivity contribution in [2.24, 2.45) is 0 Å². The van der Waals surface area contributed by atoms with Crippen LogP contribution in [-0.4, -0.2) is 53.4 Å². The van der Waals surface area contributed by atoms with Gasteiger partial charge in [0.2, 0.25) is 0 Å². The average molecular weight is 296 g/mol. The number of piperazine rings is 1. The molecule has 1 aromatic rings. The van der Waals surface area contributed by atoms with E-state index >= 15 is 0 Å². The van der Waals surface area contributed by atoms with Crippen LogP contribution in [0.4, 0.5) is 10.1 Å². The first-order chi connectivity index (χ1) is 9.78. The van der Waals surface area contributed by atoms with E-state index in [9.17, 15) is 14.6 Å². The number of hydrogen-bond donors (Lipinski definition) is 2. The fourth-order valence-corrected chi connectivity index (χ4v) is 2.91. The molecule has 0 spiro atoms. The molecule has 0 amide bonds. The second-order valence-electron chi connectivity index (χ2n) is 6.42. The normalized spacial score (nSPS) is 18.9. The molecule has 1 aliphatic heterocycles. The highest BCUT2D eigenvalue weighted by molar-refractivity contribution is 5.55. The zero-order valence-electron chi connectivity index (χ0n) is 13.0. The Hall–Kier alpha value is -1.17. The number of halogens is 1. The minimum Gasteiger partial charge on any atom is -0.389 e. The Morgan fingerprint density at radius 1 is 1.24 bits per heavy atom. The second kappa shape index (κ2) is 6.30. The van der Waals surface area contributed by atoms with Crippen LogP contribution in [0, 0.1) is 5.82 Å². The Morgan fingerprint density at radius 3 is 2.38 bits per heavy atom. The summed E-state index contributed by atoms with van der Waals surface area (Å²) in [6.45, 7) is 8.99. The van der Waals surface area contributed by atoms with Gasteiger partial charge in [0.15, 0.2) is 0 Å². The van der Waals surface area contributed by atoms with Crippen molar-refractivity contribution in [2.45, 2.75) is 32.5 Å². The van der Waals surface area contributed by atoms with Gasteiger partial charge in [0.1, 0.15) is 5.82 Å². The Kier molecular flexibility index (Phi) is 4.86. The smallest absolute Gasteiger partial charge is 0.131 e. The molecule has 0 aliphatic carbocycles. The largest absolute Gasteiger partial charge is 0.389 e. The van der Waals surface area contributed by atoms with Crippen LogP contribution in [0.25, 0.3) is 0 Å². The van der Waals surface area contributed by atoms with Crippen LogP contribution >= 0.6 is 0 Å². The predicted octanol–water partition coefficient (Wildman–Crippen LogP) is 1.77. The fraction of sp³-hybridized carbons (Fsp3) is 0.625. The molecular formula is C16H25FN2O2. The first kappa shape index (κ1) is 16.2. The zero-order valence-corrected chi connectivity index (χ0v) is 13.0. The number of aliphatic hydroxyl groups is 2. The summed E-state index contributed by atoms with van der Waals surface area (Å²) in [5, 5.41) is 19.7. The van der Waals surface area contributed by atoms with E-state index in [0.717, 1.165) is 31.9 Å². The molecule has 0 radical (unpaired) electrons. The van der Waals surface area contributed by atoms with Crippen LogP contribution in [0.15, 0.2) is 18.2 Å². The molecule has 5 heteroatoms. The molecular weight excluding hydrogens is 271 g/mol. The van der Waals surface area contributed by atoms with Crippen LogP contribution < -0.4 is 4.90 Å². The highest BCUT2D eigenvalue weighted by atomic mass is 19.1. The van der Waals surface area contributed by atoms with Gasteiger partial charge in [-0.05, 0) is 32.9 Å². The monoisotopic (exact) mass is 296 g/mol. The third-order valence-corrected chi connectivity index (χ3v) is 3.77. The maximum Gasteiger partial charge on any atom is 0.131 e. The van der Waals surface area contributed by atoms with Crippen molar-refractivity contribution in [3.8, 4) is 0 Å². The van der Waals surface area contributed by atoms with Crippen LogP contribution in [0.2, 0.25) is 0 Å². The maximum absolute atomic E-state index is 13.9. The minimum atomic E-state index is -0.824. The average Bonchev–Trinajstić information content (AvgIpc) is 2.37. The van der Waals surface area contributed by atoms with Gasteiger partial charge in [0.25, 0.3) is 0 Å². The van der Waals surface area contributed by atoms with E-state index in [0.29, 0.717) is 12.1 Å². The van der Waals surface area contributed by atoms with Crippen LogP contribution in [0.1, 0.15) is 32.4 Å². The van der Waals surface area contributed by atoms with Gasteiger partial charge in [-0.2, -0.15) is 0 Å². The van der Waals surface area contributed by atoms with Crippen LogP contribution in [0.5, 0.6) is 0 Å². The second-order valence-corrected chi connectivity index (χ2v) is 6.42. The lowest BCUT2D eigenvalue weighted by Crippen LogP contribution is -2.50. The van der Waals surface area contributed by atoms with Crippen molar-refractivity contribution >= 4 is 5.69 Å². The molecule has 1 aliphatic rings. The van der Waals surface area contributed by atoms with Crippen molar-refractivity contribution in [3.05, 3.63) is 29.6 Å². The number of anilines is 1. The zero-order chi connectivity index (χ0) is 15.6. The fourth-order valence-electron chi connectivity index (χ4n) is 2.91. The molecule has 1 atom stereocenters. The Morgan fingerprint density at radius 2 is 1.86 bits per heavy atom. The molecule has 21 heavy (non-hydrogen) atoms. The van der Waals surface area contributed by atoms with E-state index in [2.05, 4.69) is 9.80 Å². The van der Waals surface area contributed by atoms with Gasteiger partial charge in [0, 0.05) is 44.0 Å². The summed E-state index contributed by atoms with van der Waals surface area (Å²) < 4.78 is 13.9. The molecule has 0 unspecified atom stereocenters. The van der Waals surface area contributed by atoms with E-state index < -0.39 is 11.7 Å². The summed E-state index contributed by atoms with van der Waals surface area (Å²) in [5.74, 6) is -0.360. The quantitative estimate of drug-likeness (QED) is 0.889. The minimum absolute atomic E-state index is 0.360. The summed E-state index contributed by atoms with van der Waals surface area (Å²) in [7, 11) is 0. The Labute approximate surface area is 125 Å². The van der Waals surface area contributed by atoms with Crippen molar-refractivity contribution in [1.82, 2.24) is 4.90 Å². The molecule has 0 bridgehead atoms. The van der Waals surface area contributed by atoms with Crippen molar-refractivity contribution < 1.29 is 14.6 Å². The van der Waals surface area contributed by atoms with E-state index in [1.54, 1.807) is 26.8 Å². The highest BCUT2D eigenvalue weighted by Crippen LogP contribution is 2.29. The Balaban J connectivity index is 2.08. The molecule has 1 heterocycles. The van der Waals surface area contributed by atoms with E-state index in [1.807, 2.05) is 6.07 Å². The molecule has 1 aromatic carbocycles. The first-order valence-corrected chi connectivity index (χ1v) is 7.44. The summed E-state index contributed by atoms with van der Waals surface area (Å²) in [6, 6.07) is 4.92. The lowest BCUT2D eigenvalue weighted by Gasteiger charge is -2.39. The molecule has 2 N–H and O–H groups in total. The molecule has 118 valence electrons. The lowest BCUT2D eigenvalue weighted by molar-refractivity contribution is 0.0345. The standard InChI is InChI=1S/C16H25FN2O2/c1-12(20)15-13(17)5-4-6-14(15)19-9-7-18(8-10-19)11-16(2,3)21/h4-6,12,20-21H,7-11H2,1-3H3/t12-/m1/s1. The molecule has 0 saturated carbocycles.